The molecular formula is C5H11N3O2. The largest absolute Gasteiger partial charge is 0.388 e. The number of primary amides is 1. The van der Waals surface area contributed by atoms with Crippen LogP contribution in [0.15, 0.2) is 0 Å². The Hall–Kier alpha value is -1.10. The minimum atomic E-state index is -0.707. The Morgan fingerprint density at radius 1 is 1.80 bits per heavy atom. The lowest BCUT2D eigenvalue weighted by Gasteiger charge is -2.16. The number of amides is 2. The molecule has 0 unspecified atom stereocenters. The predicted molar refractivity (Wildman–Crippen MR) is 36.8 cm³/mol. The molecule has 0 radical (unpaired) electrons. The Morgan fingerprint density at radius 3 is 2.40 bits per heavy atom. The van der Waals surface area contributed by atoms with E-state index in [1.54, 1.807) is 6.92 Å². The van der Waals surface area contributed by atoms with Crippen molar-refractivity contribution in [3.8, 4) is 0 Å². The van der Waals surface area contributed by atoms with Gasteiger partial charge in [-0.3, -0.25) is 10.3 Å². The fraction of sp³-hybridized carbons (Fsp3) is 0.600. The Labute approximate surface area is 58.9 Å². The Balaban J connectivity index is 4.06. The highest BCUT2D eigenvalue weighted by atomic mass is 16.3. The van der Waals surface area contributed by atoms with Crippen molar-refractivity contribution in [2.24, 2.45) is 5.73 Å². The normalized spacial score (nSPS) is 9.00. The van der Waals surface area contributed by atoms with E-state index >= 15 is 0 Å². The first kappa shape index (κ1) is 8.90. The standard InChI is InChI=1S/C5H11N3O2/c1-2-8(5(7)10)4(6)3-9/h6,9H,2-3H2,1H3,(H2,7,10). The highest BCUT2D eigenvalue weighted by Gasteiger charge is 2.10. The van der Waals surface area contributed by atoms with Crippen LogP contribution in [-0.2, 0) is 0 Å². The van der Waals surface area contributed by atoms with Gasteiger partial charge in [-0.25, -0.2) is 4.79 Å². The summed E-state index contributed by atoms with van der Waals surface area (Å²) >= 11 is 0. The van der Waals surface area contributed by atoms with Gasteiger partial charge in [0, 0.05) is 6.54 Å². The molecule has 4 N–H and O–H groups in total. The maximum atomic E-state index is 10.4. The Kier molecular flexibility index (Phi) is 3.42. The van der Waals surface area contributed by atoms with Crippen molar-refractivity contribution in [1.82, 2.24) is 4.90 Å². The van der Waals surface area contributed by atoms with E-state index in [-0.39, 0.29) is 5.84 Å². The number of rotatable bonds is 2. The highest BCUT2D eigenvalue weighted by molar-refractivity contribution is 5.95. The SMILES string of the molecule is CCN(C(=N)CO)C(N)=O. The fourth-order valence-electron chi connectivity index (χ4n) is 0.565. The number of aliphatic hydroxyl groups excluding tert-OH is 1. The molecule has 5 heteroatoms. The molecule has 0 heterocycles. The average molecular weight is 145 g/mol. The van der Waals surface area contributed by atoms with Gasteiger partial charge < -0.3 is 10.8 Å². The third-order valence-corrected chi connectivity index (χ3v) is 1.06. The third kappa shape index (κ3) is 2.02. The van der Waals surface area contributed by atoms with Crippen LogP contribution in [0.2, 0.25) is 0 Å². The number of amidine groups is 1. The number of urea groups is 1. The summed E-state index contributed by atoms with van der Waals surface area (Å²) in [6.45, 7) is 1.53. The zero-order valence-electron chi connectivity index (χ0n) is 5.79. The molecule has 2 amide bonds. The second kappa shape index (κ2) is 3.84. The molecule has 0 bridgehead atoms. The van der Waals surface area contributed by atoms with Crippen LogP contribution in [0.1, 0.15) is 6.92 Å². The monoisotopic (exact) mass is 145 g/mol. The number of carbonyl (C=O) groups is 1. The molecule has 0 aromatic heterocycles. The number of nitrogens with zero attached hydrogens (tertiary/aromatic N) is 1. The smallest absolute Gasteiger partial charge is 0.320 e. The zero-order valence-corrected chi connectivity index (χ0v) is 5.79. The molecule has 0 spiro atoms. The summed E-state index contributed by atoms with van der Waals surface area (Å²) in [7, 11) is 0. The summed E-state index contributed by atoms with van der Waals surface area (Å²) in [4.78, 5) is 11.4. The Morgan fingerprint density at radius 2 is 2.30 bits per heavy atom. The van der Waals surface area contributed by atoms with Crippen LogP contribution in [0.25, 0.3) is 0 Å². The van der Waals surface area contributed by atoms with Gasteiger partial charge in [-0.05, 0) is 6.92 Å². The van der Waals surface area contributed by atoms with E-state index in [9.17, 15) is 4.79 Å². The van der Waals surface area contributed by atoms with Gasteiger partial charge in [0.15, 0.2) is 0 Å². The lowest BCUT2D eigenvalue weighted by molar-refractivity contribution is 0.227. The lowest BCUT2D eigenvalue weighted by atomic mass is 10.5. The summed E-state index contributed by atoms with van der Waals surface area (Å²) in [5, 5.41) is 15.4. The van der Waals surface area contributed by atoms with Gasteiger partial charge in [0.2, 0.25) is 0 Å². The Bertz CT molecular complexity index is 146. The van der Waals surface area contributed by atoms with E-state index in [2.05, 4.69) is 0 Å². The van der Waals surface area contributed by atoms with Crippen LogP contribution in [0.3, 0.4) is 0 Å². The summed E-state index contributed by atoms with van der Waals surface area (Å²) < 4.78 is 0. The van der Waals surface area contributed by atoms with Crippen LogP contribution in [0, 0.1) is 5.41 Å². The number of nitrogens with two attached hydrogens (primary N) is 1. The van der Waals surface area contributed by atoms with Gasteiger partial charge in [-0.15, -0.1) is 0 Å². The van der Waals surface area contributed by atoms with Crippen molar-refractivity contribution < 1.29 is 9.90 Å². The number of hydrogen-bond donors (Lipinski definition) is 3. The van der Waals surface area contributed by atoms with Crippen molar-refractivity contribution in [2.75, 3.05) is 13.2 Å². The van der Waals surface area contributed by atoms with Gasteiger partial charge in [0.25, 0.3) is 0 Å². The van der Waals surface area contributed by atoms with Crippen LogP contribution < -0.4 is 5.73 Å². The molecule has 5 nitrogen and oxygen atoms in total. The van der Waals surface area contributed by atoms with E-state index in [4.69, 9.17) is 16.2 Å². The van der Waals surface area contributed by atoms with Crippen LogP contribution in [-0.4, -0.2) is 35.0 Å². The third-order valence-electron chi connectivity index (χ3n) is 1.06. The number of hydrogen-bond acceptors (Lipinski definition) is 3. The summed E-state index contributed by atoms with van der Waals surface area (Å²) in [6.07, 6.45) is 0. The number of likely N-dealkylation sites (N-methyl/N-ethyl adjacent to an activating group) is 1. The van der Waals surface area contributed by atoms with Gasteiger partial charge in [-0.1, -0.05) is 0 Å². The first-order valence-corrected chi connectivity index (χ1v) is 2.88. The maximum Gasteiger partial charge on any atom is 0.320 e. The van der Waals surface area contributed by atoms with Crippen molar-refractivity contribution in [1.29, 1.82) is 5.41 Å². The first-order valence-electron chi connectivity index (χ1n) is 2.88. The molecule has 0 fully saturated rings. The molecule has 10 heavy (non-hydrogen) atoms. The van der Waals surface area contributed by atoms with Crippen molar-refractivity contribution in [2.45, 2.75) is 6.92 Å². The van der Waals surface area contributed by atoms with Gasteiger partial charge in [0.05, 0.1) is 0 Å². The molecule has 0 aliphatic rings. The molecule has 0 aromatic rings. The van der Waals surface area contributed by atoms with E-state index < -0.39 is 12.6 Å². The van der Waals surface area contributed by atoms with E-state index in [1.165, 1.54) is 0 Å². The van der Waals surface area contributed by atoms with Gasteiger partial charge >= 0.3 is 6.03 Å². The molecule has 0 aromatic carbocycles. The van der Waals surface area contributed by atoms with E-state index in [1.807, 2.05) is 0 Å². The second-order valence-corrected chi connectivity index (χ2v) is 1.69. The maximum absolute atomic E-state index is 10.4. The summed E-state index contributed by atoms with van der Waals surface area (Å²) in [5.74, 6) is -0.171. The highest BCUT2D eigenvalue weighted by Crippen LogP contribution is 1.87. The summed E-state index contributed by atoms with van der Waals surface area (Å²) in [6, 6.07) is -0.707. The van der Waals surface area contributed by atoms with Crippen LogP contribution in [0.4, 0.5) is 4.79 Å². The minimum absolute atomic E-state index is 0.171. The molecular weight excluding hydrogens is 134 g/mol. The number of aliphatic hydroxyl groups is 1. The lowest BCUT2D eigenvalue weighted by Crippen LogP contribution is -2.41. The van der Waals surface area contributed by atoms with Crippen LogP contribution in [0.5, 0.6) is 0 Å². The van der Waals surface area contributed by atoms with Gasteiger partial charge in [0.1, 0.15) is 12.4 Å². The van der Waals surface area contributed by atoms with Crippen molar-refractivity contribution in [3.05, 3.63) is 0 Å². The predicted octanol–water partition coefficient (Wildman–Crippen LogP) is -0.643. The average Bonchev–Trinajstić information content (AvgIpc) is 1.88. The quantitative estimate of drug-likeness (QED) is 0.356. The van der Waals surface area contributed by atoms with Crippen molar-refractivity contribution in [3.63, 3.8) is 0 Å². The second-order valence-electron chi connectivity index (χ2n) is 1.69. The molecule has 0 aliphatic carbocycles. The van der Waals surface area contributed by atoms with Crippen molar-refractivity contribution >= 4 is 11.9 Å². The zero-order chi connectivity index (χ0) is 8.15. The molecule has 0 rings (SSSR count). The number of nitrogens with one attached hydrogen (secondary N) is 1. The molecule has 0 saturated carbocycles. The minimum Gasteiger partial charge on any atom is -0.388 e. The number of carbonyl (C=O) groups excluding carboxylic acids is 1. The fourth-order valence-corrected chi connectivity index (χ4v) is 0.565. The van der Waals surface area contributed by atoms with E-state index in [0.717, 1.165) is 4.90 Å². The molecule has 0 atom stereocenters. The molecule has 0 saturated heterocycles. The van der Waals surface area contributed by atoms with Gasteiger partial charge in [-0.2, -0.15) is 0 Å². The molecule has 0 aliphatic heterocycles. The summed E-state index contributed by atoms with van der Waals surface area (Å²) in [5.41, 5.74) is 4.86. The topological polar surface area (TPSA) is 90.4 Å². The van der Waals surface area contributed by atoms with Crippen LogP contribution >= 0.6 is 0 Å². The molecule has 58 valence electrons. The van der Waals surface area contributed by atoms with E-state index in [0.29, 0.717) is 6.54 Å². The first-order chi connectivity index (χ1) is 4.63.